The van der Waals surface area contributed by atoms with Gasteiger partial charge in [-0.1, -0.05) is 19.4 Å². The summed E-state index contributed by atoms with van der Waals surface area (Å²) in [5.74, 6) is -0.485. The molecule has 0 saturated carbocycles. The molecule has 1 aliphatic carbocycles. The molecule has 24 heavy (non-hydrogen) atoms. The molecule has 1 saturated heterocycles. The van der Waals surface area contributed by atoms with Crippen LogP contribution in [-0.4, -0.2) is 40.9 Å². The molecular weight excluding hydrogens is 308 g/mol. The van der Waals surface area contributed by atoms with E-state index in [1.54, 1.807) is 18.6 Å². The van der Waals surface area contributed by atoms with E-state index >= 15 is 0 Å². The lowest BCUT2D eigenvalue weighted by Crippen LogP contribution is -2.32. The van der Waals surface area contributed by atoms with Gasteiger partial charge in [-0.3, -0.25) is 0 Å². The quantitative estimate of drug-likeness (QED) is 0.831. The van der Waals surface area contributed by atoms with E-state index in [1.807, 2.05) is 13.8 Å². The fraction of sp³-hybridized carbons (Fsp3) is 0.684. The van der Waals surface area contributed by atoms with Crippen LogP contribution in [0.1, 0.15) is 57.1 Å². The normalized spacial score (nSPS) is 34.3. The van der Waals surface area contributed by atoms with Gasteiger partial charge in [0.2, 0.25) is 0 Å². The number of fused-ring (bicyclic) bond motifs is 2. The first-order valence-corrected chi connectivity index (χ1v) is 8.83. The third kappa shape index (κ3) is 3.45. The Balaban J connectivity index is 2.04. The molecule has 3 rings (SSSR count). The van der Waals surface area contributed by atoms with Crippen molar-refractivity contribution in [3.63, 3.8) is 0 Å². The van der Waals surface area contributed by atoms with E-state index in [-0.39, 0.29) is 24.7 Å². The summed E-state index contributed by atoms with van der Waals surface area (Å²) < 4.78 is 17.8. The molecule has 4 atom stereocenters. The number of rotatable bonds is 3. The van der Waals surface area contributed by atoms with E-state index in [9.17, 15) is 10.2 Å². The second-order valence-electron chi connectivity index (χ2n) is 7.28. The molecule has 1 aliphatic heterocycles. The Hall–Kier alpha value is -1.14. The zero-order valence-corrected chi connectivity index (χ0v) is 14.7. The SMILES string of the molecule is CCC[C@H]1c2cocc2C/C(=C/CO)[C@H](O)C[C@H]2OC(C)(C)O[C@H]21. The standard InChI is InChI=1S/C19H28O5/c1-4-5-14-15-11-22-10-13(15)8-12(6-7-20)16(21)9-17-18(14)24-19(2,3)23-17/h6,10-11,14,16-18,20-21H,4-5,7-9H2,1-3H3/b12-6-/t14-,16+,17+,18-/m0/s1. The molecule has 134 valence electrons. The summed E-state index contributed by atoms with van der Waals surface area (Å²) in [6.45, 7) is 5.91. The van der Waals surface area contributed by atoms with Crippen molar-refractivity contribution in [2.45, 2.75) is 76.5 Å². The van der Waals surface area contributed by atoms with E-state index in [4.69, 9.17) is 13.9 Å². The van der Waals surface area contributed by atoms with Crippen molar-refractivity contribution >= 4 is 0 Å². The molecule has 1 aromatic rings. The first-order chi connectivity index (χ1) is 11.4. The van der Waals surface area contributed by atoms with Crippen LogP contribution in [-0.2, 0) is 15.9 Å². The highest BCUT2D eigenvalue weighted by Gasteiger charge is 2.47. The van der Waals surface area contributed by atoms with Crippen LogP contribution in [0.5, 0.6) is 0 Å². The summed E-state index contributed by atoms with van der Waals surface area (Å²) in [6.07, 6.45) is 7.34. The summed E-state index contributed by atoms with van der Waals surface area (Å²) in [4.78, 5) is 0. The maximum Gasteiger partial charge on any atom is 0.163 e. The summed E-state index contributed by atoms with van der Waals surface area (Å²) in [5, 5.41) is 20.0. The minimum Gasteiger partial charge on any atom is -0.472 e. The van der Waals surface area contributed by atoms with Crippen molar-refractivity contribution in [2.75, 3.05) is 6.61 Å². The molecule has 0 bridgehead atoms. The Labute approximate surface area is 143 Å². The van der Waals surface area contributed by atoms with Gasteiger partial charge in [0, 0.05) is 12.3 Å². The van der Waals surface area contributed by atoms with E-state index in [1.165, 1.54) is 0 Å². The molecule has 0 radical (unpaired) electrons. The highest BCUT2D eigenvalue weighted by Crippen LogP contribution is 2.43. The van der Waals surface area contributed by atoms with Gasteiger partial charge in [0.05, 0.1) is 37.4 Å². The van der Waals surface area contributed by atoms with Crippen LogP contribution in [0.2, 0.25) is 0 Å². The van der Waals surface area contributed by atoms with Crippen LogP contribution < -0.4 is 0 Å². The summed E-state index contributed by atoms with van der Waals surface area (Å²) >= 11 is 0. The molecule has 2 N–H and O–H groups in total. The van der Waals surface area contributed by atoms with Crippen molar-refractivity contribution in [3.05, 3.63) is 35.3 Å². The molecule has 0 unspecified atom stereocenters. The second kappa shape index (κ2) is 7.00. The average Bonchev–Trinajstić information content (AvgIpc) is 3.08. The highest BCUT2D eigenvalue weighted by molar-refractivity contribution is 5.33. The first-order valence-electron chi connectivity index (χ1n) is 8.83. The van der Waals surface area contributed by atoms with Crippen molar-refractivity contribution < 1.29 is 24.1 Å². The molecule has 2 heterocycles. The minimum absolute atomic E-state index is 0.0884. The molecule has 5 nitrogen and oxygen atoms in total. The van der Waals surface area contributed by atoms with Gasteiger partial charge in [0.15, 0.2) is 5.79 Å². The Bertz CT molecular complexity index is 588. The highest BCUT2D eigenvalue weighted by atomic mass is 16.8. The van der Waals surface area contributed by atoms with Gasteiger partial charge in [-0.05, 0) is 43.4 Å². The lowest BCUT2D eigenvalue weighted by atomic mass is 9.85. The third-order valence-corrected chi connectivity index (χ3v) is 5.02. The lowest BCUT2D eigenvalue weighted by Gasteiger charge is -2.26. The number of aliphatic hydroxyl groups excluding tert-OH is 2. The van der Waals surface area contributed by atoms with Crippen molar-refractivity contribution in [1.29, 1.82) is 0 Å². The first kappa shape index (κ1) is 17.7. The molecule has 1 aromatic heterocycles. The zero-order valence-electron chi connectivity index (χ0n) is 14.7. The van der Waals surface area contributed by atoms with Crippen LogP contribution in [0.3, 0.4) is 0 Å². The number of hydrogen-bond acceptors (Lipinski definition) is 5. The molecular formula is C19H28O5. The van der Waals surface area contributed by atoms with E-state index in [2.05, 4.69) is 6.92 Å². The fourth-order valence-electron chi connectivity index (χ4n) is 4.03. The van der Waals surface area contributed by atoms with Crippen LogP contribution >= 0.6 is 0 Å². The summed E-state index contributed by atoms with van der Waals surface area (Å²) in [5.41, 5.74) is 3.00. The minimum atomic E-state index is -0.662. The number of ether oxygens (including phenoxy) is 2. The number of furan rings is 1. The third-order valence-electron chi connectivity index (χ3n) is 5.02. The molecule has 0 aromatic carbocycles. The average molecular weight is 336 g/mol. The molecule has 5 heteroatoms. The number of aliphatic hydroxyl groups is 2. The van der Waals surface area contributed by atoms with E-state index < -0.39 is 11.9 Å². The van der Waals surface area contributed by atoms with Gasteiger partial charge in [0.25, 0.3) is 0 Å². The molecule has 2 aliphatic rings. The van der Waals surface area contributed by atoms with Crippen molar-refractivity contribution in [1.82, 2.24) is 0 Å². The van der Waals surface area contributed by atoms with E-state index in [0.717, 1.165) is 29.5 Å². The largest absolute Gasteiger partial charge is 0.472 e. The van der Waals surface area contributed by atoms with Gasteiger partial charge in [0.1, 0.15) is 0 Å². The number of hydrogen-bond donors (Lipinski definition) is 2. The monoisotopic (exact) mass is 336 g/mol. The predicted molar refractivity (Wildman–Crippen MR) is 89.7 cm³/mol. The lowest BCUT2D eigenvalue weighted by molar-refractivity contribution is -0.149. The maximum absolute atomic E-state index is 10.7. The van der Waals surface area contributed by atoms with Gasteiger partial charge in [-0.25, -0.2) is 0 Å². The predicted octanol–water partition coefficient (Wildman–Crippen LogP) is 2.91. The van der Waals surface area contributed by atoms with Gasteiger partial charge >= 0.3 is 0 Å². The van der Waals surface area contributed by atoms with Crippen LogP contribution in [0.15, 0.2) is 28.6 Å². The van der Waals surface area contributed by atoms with E-state index in [0.29, 0.717) is 12.8 Å². The Morgan fingerprint density at radius 3 is 2.79 bits per heavy atom. The van der Waals surface area contributed by atoms with Crippen LogP contribution in [0, 0.1) is 0 Å². The molecule has 0 spiro atoms. The van der Waals surface area contributed by atoms with Gasteiger partial charge in [-0.2, -0.15) is 0 Å². The van der Waals surface area contributed by atoms with Crippen LogP contribution in [0.25, 0.3) is 0 Å². The molecule has 0 amide bonds. The van der Waals surface area contributed by atoms with Gasteiger partial charge in [-0.15, -0.1) is 0 Å². The van der Waals surface area contributed by atoms with Gasteiger partial charge < -0.3 is 24.1 Å². The smallest absolute Gasteiger partial charge is 0.163 e. The molecule has 1 fully saturated rings. The summed E-state index contributed by atoms with van der Waals surface area (Å²) in [7, 11) is 0. The van der Waals surface area contributed by atoms with Crippen molar-refractivity contribution in [2.24, 2.45) is 0 Å². The fourth-order valence-corrected chi connectivity index (χ4v) is 4.03. The maximum atomic E-state index is 10.7. The Morgan fingerprint density at radius 2 is 2.08 bits per heavy atom. The van der Waals surface area contributed by atoms with Crippen molar-refractivity contribution in [3.8, 4) is 0 Å². The van der Waals surface area contributed by atoms with Crippen LogP contribution in [0.4, 0.5) is 0 Å². The second-order valence-corrected chi connectivity index (χ2v) is 7.28. The Morgan fingerprint density at radius 1 is 1.29 bits per heavy atom. The topological polar surface area (TPSA) is 72.1 Å². The Kier molecular flexibility index (Phi) is 5.16. The summed E-state index contributed by atoms with van der Waals surface area (Å²) in [6, 6.07) is 0. The zero-order chi connectivity index (χ0) is 17.3.